The van der Waals surface area contributed by atoms with E-state index in [1.54, 1.807) is 6.92 Å². The molecule has 0 unspecified atom stereocenters. The fraction of sp³-hybridized carbons (Fsp3) is 0.235. The molecule has 2 aromatic rings. The highest BCUT2D eigenvalue weighted by molar-refractivity contribution is 6.00. The number of anilines is 2. The number of carbonyl (C=O) groups is 1. The van der Waals surface area contributed by atoms with E-state index in [4.69, 9.17) is 0 Å². The topological polar surface area (TPSA) is 29.1 Å². The molecule has 0 aliphatic heterocycles. The third-order valence-electron chi connectivity index (χ3n) is 3.16. The molecule has 0 spiro atoms. The first-order valence-electron chi connectivity index (χ1n) is 6.55. The third-order valence-corrected chi connectivity index (χ3v) is 3.16. The van der Waals surface area contributed by atoms with Crippen LogP contribution in [0.5, 0.6) is 0 Å². The lowest BCUT2D eigenvalue weighted by Gasteiger charge is -2.11. The van der Waals surface area contributed by atoms with Gasteiger partial charge in [0.25, 0.3) is 0 Å². The second-order valence-electron chi connectivity index (χ2n) is 5.00. The van der Waals surface area contributed by atoms with Crippen molar-refractivity contribution in [3.63, 3.8) is 0 Å². The zero-order valence-corrected chi connectivity index (χ0v) is 11.6. The van der Waals surface area contributed by atoms with Crippen LogP contribution in [0.15, 0.2) is 48.5 Å². The van der Waals surface area contributed by atoms with Gasteiger partial charge in [-0.15, -0.1) is 0 Å². The highest BCUT2D eigenvalue weighted by Crippen LogP contribution is 2.23. The molecule has 2 rings (SSSR count). The average molecular weight is 253 g/mol. The second kappa shape index (κ2) is 5.70. The van der Waals surface area contributed by atoms with Crippen LogP contribution in [0.1, 0.15) is 42.6 Å². The lowest BCUT2D eigenvalue weighted by atomic mass is 10.0. The maximum Gasteiger partial charge on any atom is 0.161 e. The van der Waals surface area contributed by atoms with Crippen LogP contribution in [0.2, 0.25) is 0 Å². The van der Waals surface area contributed by atoms with Gasteiger partial charge in [0.2, 0.25) is 0 Å². The molecule has 0 aliphatic carbocycles. The number of hydrogen-bond donors (Lipinski definition) is 1. The summed E-state index contributed by atoms with van der Waals surface area (Å²) in [6, 6.07) is 15.9. The van der Waals surface area contributed by atoms with Gasteiger partial charge < -0.3 is 5.32 Å². The minimum Gasteiger partial charge on any atom is -0.355 e. The molecule has 0 saturated carbocycles. The van der Waals surface area contributed by atoms with Gasteiger partial charge in [0, 0.05) is 16.9 Å². The lowest BCUT2D eigenvalue weighted by molar-refractivity contribution is 0.101. The van der Waals surface area contributed by atoms with Gasteiger partial charge in [-0.05, 0) is 42.7 Å². The van der Waals surface area contributed by atoms with Crippen LogP contribution in [0.4, 0.5) is 11.4 Å². The predicted octanol–water partition coefficient (Wildman–Crippen LogP) is 4.76. The Morgan fingerprint density at radius 2 is 1.63 bits per heavy atom. The third kappa shape index (κ3) is 3.22. The van der Waals surface area contributed by atoms with E-state index in [-0.39, 0.29) is 5.78 Å². The van der Waals surface area contributed by atoms with Gasteiger partial charge >= 0.3 is 0 Å². The zero-order chi connectivity index (χ0) is 13.8. The average Bonchev–Trinajstić information content (AvgIpc) is 2.39. The monoisotopic (exact) mass is 253 g/mol. The van der Waals surface area contributed by atoms with Crippen LogP contribution >= 0.6 is 0 Å². The van der Waals surface area contributed by atoms with Gasteiger partial charge in [0.05, 0.1) is 0 Å². The Bertz CT molecular complexity index is 570. The quantitative estimate of drug-likeness (QED) is 0.796. The Hall–Kier alpha value is -2.09. The van der Waals surface area contributed by atoms with E-state index >= 15 is 0 Å². The molecule has 2 aromatic carbocycles. The van der Waals surface area contributed by atoms with Crippen molar-refractivity contribution in [2.24, 2.45) is 0 Å². The molecule has 19 heavy (non-hydrogen) atoms. The molecule has 0 bridgehead atoms. The number of rotatable bonds is 4. The minimum atomic E-state index is 0.0712. The number of nitrogens with one attached hydrogen (secondary N) is 1. The molecular formula is C17H19NO. The SMILES string of the molecule is CC(=O)c1ccccc1Nc1ccc(C(C)C)cc1. The number of ketones is 1. The Labute approximate surface area is 114 Å². The van der Waals surface area contributed by atoms with Crippen molar-refractivity contribution in [2.45, 2.75) is 26.7 Å². The van der Waals surface area contributed by atoms with Crippen LogP contribution < -0.4 is 5.32 Å². The summed E-state index contributed by atoms with van der Waals surface area (Å²) in [6.45, 7) is 5.93. The molecule has 0 radical (unpaired) electrons. The highest BCUT2D eigenvalue weighted by Gasteiger charge is 2.06. The Morgan fingerprint density at radius 3 is 2.21 bits per heavy atom. The second-order valence-corrected chi connectivity index (χ2v) is 5.00. The summed E-state index contributed by atoms with van der Waals surface area (Å²) in [4.78, 5) is 11.6. The maximum atomic E-state index is 11.6. The Kier molecular flexibility index (Phi) is 4.00. The molecule has 0 atom stereocenters. The molecule has 2 nitrogen and oxygen atoms in total. The fourth-order valence-electron chi connectivity index (χ4n) is 2.01. The van der Waals surface area contributed by atoms with Crippen molar-refractivity contribution in [1.82, 2.24) is 0 Å². The van der Waals surface area contributed by atoms with Crippen molar-refractivity contribution in [3.8, 4) is 0 Å². The summed E-state index contributed by atoms with van der Waals surface area (Å²) in [5.74, 6) is 0.598. The molecule has 0 saturated heterocycles. The molecule has 98 valence electrons. The zero-order valence-electron chi connectivity index (χ0n) is 11.6. The van der Waals surface area contributed by atoms with Crippen molar-refractivity contribution >= 4 is 17.2 Å². The van der Waals surface area contributed by atoms with Gasteiger partial charge in [-0.25, -0.2) is 0 Å². The van der Waals surface area contributed by atoms with E-state index in [9.17, 15) is 4.79 Å². The Balaban J connectivity index is 2.24. The van der Waals surface area contributed by atoms with Crippen LogP contribution in [-0.4, -0.2) is 5.78 Å². The van der Waals surface area contributed by atoms with Crippen LogP contribution in [0, 0.1) is 0 Å². The highest BCUT2D eigenvalue weighted by atomic mass is 16.1. The van der Waals surface area contributed by atoms with Gasteiger partial charge in [-0.3, -0.25) is 4.79 Å². The van der Waals surface area contributed by atoms with E-state index in [0.717, 1.165) is 16.9 Å². The van der Waals surface area contributed by atoms with E-state index in [1.807, 2.05) is 36.4 Å². The van der Waals surface area contributed by atoms with Crippen LogP contribution in [0.25, 0.3) is 0 Å². The summed E-state index contributed by atoms with van der Waals surface area (Å²) in [5, 5.41) is 3.30. The lowest BCUT2D eigenvalue weighted by Crippen LogP contribution is -2.00. The first-order chi connectivity index (χ1) is 9.08. The van der Waals surface area contributed by atoms with E-state index in [1.165, 1.54) is 5.56 Å². The molecule has 0 amide bonds. The molecule has 0 aromatic heterocycles. The summed E-state index contributed by atoms with van der Waals surface area (Å²) in [5.41, 5.74) is 3.88. The van der Waals surface area contributed by atoms with E-state index in [2.05, 4.69) is 31.3 Å². The van der Waals surface area contributed by atoms with E-state index < -0.39 is 0 Å². The standard InChI is InChI=1S/C17H19NO/c1-12(2)14-8-10-15(11-9-14)18-17-7-5-4-6-16(17)13(3)19/h4-12,18H,1-3H3. The smallest absolute Gasteiger partial charge is 0.161 e. The van der Waals surface area contributed by atoms with Crippen LogP contribution in [0.3, 0.4) is 0 Å². The van der Waals surface area contributed by atoms with Gasteiger partial charge in [-0.1, -0.05) is 38.1 Å². The van der Waals surface area contributed by atoms with Crippen molar-refractivity contribution in [1.29, 1.82) is 0 Å². The predicted molar refractivity (Wildman–Crippen MR) is 80.3 cm³/mol. The van der Waals surface area contributed by atoms with Crippen molar-refractivity contribution in [2.75, 3.05) is 5.32 Å². The first-order valence-corrected chi connectivity index (χ1v) is 6.55. The molecular weight excluding hydrogens is 234 g/mol. The summed E-state index contributed by atoms with van der Waals surface area (Å²) in [7, 11) is 0. The number of carbonyl (C=O) groups excluding carboxylic acids is 1. The largest absolute Gasteiger partial charge is 0.355 e. The fourth-order valence-corrected chi connectivity index (χ4v) is 2.01. The first kappa shape index (κ1) is 13.3. The number of benzene rings is 2. The van der Waals surface area contributed by atoms with Gasteiger partial charge in [0.15, 0.2) is 5.78 Å². The number of hydrogen-bond acceptors (Lipinski definition) is 2. The van der Waals surface area contributed by atoms with E-state index in [0.29, 0.717) is 5.92 Å². The molecule has 0 fully saturated rings. The molecule has 1 N–H and O–H groups in total. The number of para-hydroxylation sites is 1. The van der Waals surface area contributed by atoms with Crippen molar-refractivity contribution in [3.05, 3.63) is 59.7 Å². The maximum absolute atomic E-state index is 11.6. The Morgan fingerprint density at radius 1 is 1.00 bits per heavy atom. The minimum absolute atomic E-state index is 0.0712. The van der Waals surface area contributed by atoms with Gasteiger partial charge in [-0.2, -0.15) is 0 Å². The number of Topliss-reactive ketones (excluding diaryl/α,β-unsaturated/α-hetero) is 1. The summed E-state index contributed by atoms with van der Waals surface area (Å²) >= 11 is 0. The molecule has 0 aliphatic rings. The molecule has 2 heteroatoms. The molecule has 0 heterocycles. The summed E-state index contributed by atoms with van der Waals surface area (Å²) < 4.78 is 0. The van der Waals surface area contributed by atoms with Crippen LogP contribution in [-0.2, 0) is 0 Å². The summed E-state index contributed by atoms with van der Waals surface area (Å²) in [6.07, 6.45) is 0. The van der Waals surface area contributed by atoms with Gasteiger partial charge in [0.1, 0.15) is 0 Å². The van der Waals surface area contributed by atoms with Crippen molar-refractivity contribution < 1.29 is 4.79 Å². The normalized spacial score (nSPS) is 10.5.